The largest absolute Gasteiger partial charge is 0.345 e. The van der Waals surface area contributed by atoms with Gasteiger partial charge >= 0.3 is 0 Å². The molecule has 0 unspecified atom stereocenters. The highest BCUT2D eigenvalue weighted by atomic mass is 15.2. The standard InChI is InChI=1S/C13H11N5/c1-2-4-10(5-3-1)17-13-11(6-7-16-18-13)12-14-8-9-15-12/h1-9H,(H,14,15)(H,17,18). The van der Waals surface area contributed by atoms with Gasteiger partial charge in [-0.25, -0.2) is 4.98 Å². The molecule has 0 radical (unpaired) electrons. The molecule has 0 atom stereocenters. The summed E-state index contributed by atoms with van der Waals surface area (Å²) in [5, 5.41) is 11.2. The fraction of sp³-hybridized carbons (Fsp3) is 0. The van der Waals surface area contributed by atoms with E-state index in [9.17, 15) is 0 Å². The van der Waals surface area contributed by atoms with Crippen LogP contribution >= 0.6 is 0 Å². The first-order valence-corrected chi connectivity index (χ1v) is 5.57. The van der Waals surface area contributed by atoms with E-state index in [0.29, 0.717) is 5.82 Å². The van der Waals surface area contributed by atoms with Crippen LogP contribution in [-0.4, -0.2) is 20.2 Å². The quantitative estimate of drug-likeness (QED) is 0.734. The molecule has 18 heavy (non-hydrogen) atoms. The van der Waals surface area contributed by atoms with Crippen LogP contribution in [0.5, 0.6) is 0 Å². The normalized spacial score (nSPS) is 10.2. The fourth-order valence-electron chi connectivity index (χ4n) is 1.69. The Morgan fingerprint density at radius 1 is 1.00 bits per heavy atom. The molecular formula is C13H11N5. The number of para-hydroxylation sites is 1. The number of aromatic nitrogens is 4. The second-order valence-electron chi connectivity index (χ2n) is 3.72. The third-order valence-corrected chi connectivity index (χ3v) is 2.51. The number of aromatic amines is 1. The number of nitrogens with one attached hydrogen (secondary N) is 2. The Bertz CT molecular complexity index is 619. The Morgan fingerprint density at radius 2 is 1.89 bits per heavy atom. The van der Waals surface area contributed by atoms with Crippen LogP contribution in [0.3, 0.4) is 0 Å². The monoisotopic (exact) mass is 237 g/mol. The van der Waals surface area contributed by atoms with E-state index in [2.05, 4.69) is 25.5 Å². The van der Waals surface area contributed by atoms with Gasteiger partial charge in [-0.15, -0.1) is 5.10 Å². The molecule has 0 bridgehead atoms. The van der Waals surface area contributed by atoms with E-state index in [1.807, 2.05) is 36.4 Å². The minimum Gasteiger partial charge on any atom is -0.345 e. The fourth-order valence-corrected chi connectivity index (χ4v) is 1.69. The highest BCUT2D eigenvalue weighted by Crippen LogP contribution is 2.24. The van der Waals surface area contributed by atoms with E-state index in [-0.39, 0.29) is 0 Å². The molecule has 0 saturated carbocycles. The van der Waals surface area contributed by atoms with Crippen LogP contribution in [0.1, 0.15) is 0 Å². The van der Waals surface area contributed by atoms with Gasteiger partial charge in [-0.05, 0) is 18.2 Å². The van der Waals surface area contributed by atoms with Crippen molar-refractivity contribution in [3.63, 3.8) is 0 Å². The predicted molar refractivity (Wildman–Crippen MR) is 69.3 cm³/mol. The summed E-state index contributed by atoms with van der Waals surface area (Å²) in [6.07, 6.45) is 5.14. The summed E-state index contributed by atoms with van der Waals surface area (Å²) in [7, 11) is 0. The van der Waals surface area contributed by atoms with Crippen molar-refractivity contribution >= 4 is 11.5 Å². The van der Waals surface area contributed by atoms with Gasteiger partial charge in [0.1, 0.15) is 5.82 Å². The van der Waals surface area contributed by atoms with Crippen molar-refractivity contribution in [1.82, 2.24) is 20.2 Å². The van der Waals surface area contributed by atoms with E-state index in [1.165, 1.54) is 0 Å². The Hall–Kier alpha value is -2.69. The molecule has 1 aromatic carbocycles. The lowest BCUT2D eigenvalue weighted by atomic mass is 10.2. The summed E-state index contributed by atoms with van der Waals surface area (Å²) in [5.74, 6) is 1.45. The lowest BCUT2D eigenvalue weighted by molar-refractivity contribution is 1.03. The lowest BCUT2D eigenvalue weighted by Gasteiger charge is -2.07. The van der Waals surface area contributed by atoms with Gasteiger partial charge in [-0.1, -0.05) is 18.2 Å². The SMILES string of the molecule is c1ccc(Nc2nnccc2-c2ncc[nH]2)cc1. The topological polar surface area (TPSA) is 66.5 Å². The Kier molecular flexibility index (Phi) is 2.71. The summed E-state index contributed by atoms with van der Waals surface area (Å²) in [4.78, 5) is 7.29. The van der Waals surface area contributed by atoms with E-state index >= 15 is 0 Å². The smallest absolute Gasteiger partial charge is 0.164 e. The maximum Gasteiger partial charge on any atom is 0.164 e. The molecule has 0 aliphatic rings. The molecule has 3 aromatic rings. The van der Waals surface area contributed by atoms with Gasteiger partial charge < -0.3 is 10.3 Å². The summed E-state index contributed by atoms with van der Waals surface area (Å²) in [5.41, 5.74) is 1.85. The number of benzene rings is 1. The first-order chi connectivity index (χ1) is 8.93. The van der Waals surface area contributed by atoms with E-state index < -0.39 is 0 Å². The second kappa shape index (κ2) is 4.67. The Balaban J connectivity index is 1.98. The average Bonchev–Trinajstić information content (AvgIpc) is 2.94. The zero-order valence-corrected chi connectivity index (χ0v) is 9.54. The first-order valence-electron chi connectivity index (χ1n) is 5.57. The Labute approximate surface area is 104 Å². The summed E-state index contributed by atoms with van der Waals surface area (Å²) in [6.45, 7) is 0. The Morgan fingerprint density at radius 3 is 2.67 bits per heavy atom. The zero-order chi connectivity index (χ0) is 12.2. The van der Waals surface area contributed by atoms with Crippen LogP contribution in [0, 0.1) is 0 Å². The molecule has 0 amide bonds. The minimum atomic E-state index is 0.679. The van der Waals surface area contributed by atoms with Gasteiger partial charge in [0.15, 0.2) is 5.82 Å². The van der Waals surface area contributed by atoms with Gasteiger partial charge in [-0.2, -0.15) is 5.10 Å². The van der Waals surface area contributed by atoms with Crippen molar-refractivity contribution in [3.8, 4) is 11.4 Å². The van der Waals surface area contributed by atoms with Crippen molar-refractivity contribution in [1.29, 1.82) is 0 Å². The summed E-state index contributed by atoms with van der Waals surface area (Å²) >= 11 is 0. The van der Waals surface area contributed by atoms with Crippen molar-refractivity contribution < 1.29 is 0 Å². The highest BCUT2D eigenvalue weighted by molar-refractivity contribution is 5.73. The van der Waals surface area contributed by atoms with Crippen LogP contribution in [0.4, 0.5) is 11.5 Å². The molecule has 2 N–H and O–H groups in total. The van der Waals surface area contributed by atoms with Gasteiger partial charge in [0, 0.05) is 18.1 Å². The number of rotatable bonds is 3. The first kappa shape index (κ1) is 10.5. The van der Waals surface area contributed by atoms with Crippen LogP contribution in [0.15, 0.2) is 55.0 Å². The molecule has 5 nitrogen and oxygen atoms in total. The van der Waals surface area contributed by atoms with Crippen LogP contribution in [0.25, 0.3) is 11.4 Å². The second-order valence-corrected chi connectivity index (χ2v) is 3.72. The average molecular weight is 237 g/mol. The van der Waals surface area contributed by atoms with Crippen LogP contribution in [-0.2, 0) is 0 Å². The van der Waals surface area contributed by atoms with Crippen molar-refractivity contribution in [2.45, 2.75) is 0 Å². The third-order valence-electron chi connectivity index (χ3n) is 2.51. The molecule has 0 aliphatic heterocycles. The van der Waals surface area contributed by atoms with Crippen molar-refractivity contribution in [2.24, 2.45) is 0 Å². The molecule has 2 aromatic heterocycles. The summed E-state index contributed by atoms with van der Waals surface area (Å²) < 4.78 is 0. The van der Waals surface area contributed by atoms with E-state index in [4.69, 9.17) is 0 Å². The molecule has 5 heteroatoms. The lowest BCUT2D eigenvalue weighted by Crippen LogP contribution is -1.98. The molecule has 2 heterocycles. The molecule has 0 aliphatic carbocycles. The van der Waals surface area contributed by atoms with Gasteiger partial charge in [-0.3, -0.25) is 0 Å². The molecular weight excluding hydrogens is 226 g/mol. The number of anilines is 2. The molecule has 0 saturated heterocycles. The molecule has 0 fully saturated rings. The molecule has 0 spiro atoms. The predicted octanol–water partition coefficient (Wildman–Crippen LogP) is 2.61. The molecule has 88 valence electrons. The number of imidazole rings is 1. The van der Waals surface area contributed by atoms with Gasteiger partial charge in [0.05, 0.1) is 11.8 Å². The van der Waals surface area contributed by atoms with E-state index in [1.54, 1.807) is 18.6 Å². The van der Waals surface area contributed by atoms with Crippen molar-refractivity contribution in [2.75, 3.05) is 5.32 Å². The number of nitrogens with zero attached hydrogens (tertiary/aromatic N) is 3. The highest BCUT2D eigenvalue weighted by Gasteiger charge is 2.08. The van der Waals surface area contributed by atoms with Crippen LogP contribution in [0.2, 0.25) is 0 Å². The maximum absolute atomic E-state index is 4.23. The minimum absolute atomic E-state index is 0.679. The zero-order valence-electron chi connectivity index (χ0n) is 9.54. The van der Waals surface area contributed by atoms with Crippen LogP contribution < -0.4 is 5.32 Å². The molecule has 3 rings (SSSR count). The third kappa shape index (κ3) is 2.06. The number of hydrogen-bond donors (Lipinski definition) is 2. The van der Waals surface area contributed by atoms with Gasteiger partial charge in [0.25, 0.3) is 0 Å². The van der Waals surface area contributed by atoms with Crippen molar-refractivity contribution in [3.05, 3.63) is 55.0 Å². The van der Waals surface area contributed by atoms with E-state index in [0.717, 1.165) is 17.1 Å². The summed E-state index contributed by atoms with van der Waals surface area (Å²) in [6, 6.07) is 11.7. The van der Waals surface area contributed by atoms with Gasteiger partial charge in [0.2, 0.25) is 0 Å². The maximum atomic E-state index is 4.23. The number of hydrogen-bond acceptors (Lipinski definition) is 4. The number of H-pyrrole nitrogens is 1.